The molecule has 6 heteroatoms. The molecule has 0 saturated carbocycles. The second kappa shape index (κ2) is 9.01. The van der Waals surface area contributed by atoms with E-state index in [-0.39, 0.29) is 10.8 Å². The quantitative estimate of drug-likeness (QED) is 0.304. The zero-order valence-electron chi connectivity index (χ0n) is 21.7. The molecule has 1 radical (unpaired) electrons. The third-order valence-electron chi connectivity index (χ3n) is 6.37. The molecule has 0 atom stereocenters. The molecule has 0 amide bonds. The van der Waals surface area contributed by atoms with Crippen LogP contribution in [0, 0.1) is 5.92 Å². The Balaban J connectivity index is 1.30. The van der Waals surface area contributed by atoms with Gasteiger partial charge < -0.3 is 8.83 Å². The van der Waals surface area contributed by atoms with Gasteiger partial charge in [-0.15, -0.1) is 20.4 Å². The van der Waals surface area contributed by atoms with E-state index in [0.717, 1.165) is 22.6 Å². The van der Waals surface area contributed by atoms with Gasteiger partial charge in [0.15, 0.2) is 0 Å². The van der Waals surface area contributed by atoms with Crippen molar-refractivity contribution in [2.75, 3.05) is 0 Å². The third kappa shape index (κ3) is 4.94. The number of hydrogen-bond donors (Lipinski definition) is 0. The number of aromatic nitrogens is 4. The van der Waals surface area contributed by atoms with Crippen LogP contribution in [0.25, 0.3) is 28.5 Å². The average Bonchev–Trinajstić information content (AvgIpc) is 3.54. The summed E-state index contributed by atoms with van der Waals surface area (Å²) in [5.41, 5.74) is 5.41. The minimum absolute atomic E-state index is 0.0918. The van der Waals surface area contributed by atoms with Gasteiger partial charge in [0.2, 0.25) is 23.6 Å². The molecule has 0 spiro atoms. The van der Waals surface area contributed by atoms with Gasteiger partial charge in [-0.2, -0.15) is 0 Å². The van der Waals surface area contributed by atoms with Gasteiger partial charge in [-0.3, -0.25) is 0 Å². The molecule has 1 aliphatic rings. The van der Waals surface area contributed by atoms with E-state index in [1.54, 1.807) is 0 Å². The summed E-state index contributed by atoms with van der Waals surface area (Å²) in [5.74, 6) is 2.89. The largest absolute Gasteiger partial charge is 0.420 e. The van der Waals surface area contributed by atoms with Gasteiger partial charge in [0, 0.05) is 16.7 Å². The van der Waals surface area contributed by atoms with Crippen molar-refractivity contribution in [2.45, 2.75) is 58.8 Å². The van der Waals surface area contributed by atoms with Crippen LogP contribution in [0.1, 0.15) is 70.9 Å². The van der Waals surface area contributed by atoms with Gasteiger partial charge in [-0.05, 0) is 52.6 Å². The van der Waals surface area contributed by atoms with E-state index in [4.69, 9.17) is 8.83 Å². The van der Waals surface area contributed by atoms with E-state index in [9.17, 15) is 0 Å². The van der Waals surface area contributed by atoms with E-state index in [1.165, 1.54) is 11.1 Å². The van der Waals surface area contributed by atoms with Crippen LogP contribution in [0.2, 0.25) is 0 Å². The van der Waals surface area contributed by atoms with Crippen LogP contribution in [-0.2, 0) is 10.8 Å². The number of rotatable bonds is 4. The molecule has 0 N–H and O–H groups in total. The molecule has 183 valence electrons. The predicted octanol–water partition coefficient (Wildman–Crippen LogP) is 7.35. The molecule has 0 unspecified atom stereocenters. The van der Waals surface area contributed by atoms with Crippen LogP contribution in [0.15, 0.2) is 75.6 Å². The van der Waals surface area contributed by atoms with Gasteiger partial charge in [0.05, 0.1) is 5.92 Å². The van der Waals surface area contributed by atoms with E-state index < -0.39 is 0 Å². The fourth-order valence-corrected chi connectivity index (χ4v) is 4.06. The normalized spacial score (nSPS) is 14.8. The average molecular weight is 480 g/mol. The summed E-state index contributed by atoms with van der Waals surface area (Å²) in [4.78, 5) is 0. The number of hydrogen-bond acceptors (Lipinski definition) is 6. The summed E-state index contributed by atoms with van der Waals surface area (Å²) in [5, 5.41) is 17.1. The molecule has 0 aliphatic heterocycles. The van der Waals surface area contributed by atoms with Gasteiger partial charge in [0.25, 0.3) is 0 Å². The van der Waals surface area contributed by atoms with Crippen LogP contribution >= 0.6 is 0 Å². The second-order valence-corrected chi connectivity index (χ2v) is 11.2. The summed E-state index contributed by atoms with van der Waals surface area (Å²) in [6.07, 6.45) is 6.46. The first-order valence-electron chi connectivity index (χ1n) is 12.2. The number of benzene rings is 2. The minimum atomic E-state index is 0.0918. The lowest BCUT2D eigenvalue weighted by Crippen LogP contribution is -2.10. The van der Waals surface area contributed by atoms with Crippen LogP contribution in [0.5, 0.6) is 0 Å². The first-order valence-corrected chi connectivity index (χ1v) is 12.2. The van der Waals surface area contributed by atoms with Crippen LogP contribution in [0.3, 0.4) is 0 Å². The number of nitrogens with zero attached hydrogens (tertiary/aromatic N) is 4. The Kier molecular flexibility index (Phi) is 5.99. The molecule has 5 rings (SSSR count). The maximum atomic E-state index is 6.03. The Morgan fingerprint density at radius 3 is 1.53 bits per heavy atom. The fraction of sp³-hybridized carbons (Fsp3) is 0.300. The monoisotopic (exact) mass is 479 g/mol. The topological polar surface area (TPSA) is 77.8 Å². The van der Waals surface area contributed by atoms with Gasteiger partial charge >= 0.3 is 0 Å². The second-order valence-electron chi connectivity index (χ2n) is 11.2. The Bertz CT molecular complexity index is 1410. The summed E-state index contributed by atoms with van der Waals surface area (Å²) < 4.78 is 12.1. The highest BCUT2D eigenvalue weighted by atomic mass is 16.4. The molecule has 0 fully saturated rings. The molecular formula is C30H31N4O2. The van der Waals surface area contributed by atoms with E-state index >= 15 is 0 Å². The van der Waals surface area contributed by atoms with Crippen LogP contribution in [-0.4, -0.2) is 20.4 Å². The first-order chi connectivity index (χ1) is 17.1. The zero-order valence-corrected chi connectivity index (χ0v) is 21.7. The first kappa shape index (κ1) is 23.9. The minimum Gasteiger partial charge on any atom is -0.420 e. The van der Waals surface area contributed by atoms with Crippen molar-refractivity contribution in [1.29, 1.82) is 0 Å². The molecule has 2 heterocycles. The summed E-state index contributed by atoms with van der Waals surface area (Å²) >= 11 is 0. The summed E-state index contributed by atoms with van der Waals surface area (Å²) in [7, 11) is 0. The highest BCUT2D eigenvalue weighted by Crippen LogP contribution is 2.34. The van der Waals surface area contributed by atoms with Crippen molar-refractivity contribution in [1.82, 2.24) is 20.4 Å². The van der Waals surface area contributed by atoms with Gasteiger partial charge in [0.1, 0.15) is 0 Å². The molecule has 4 aromatic rings. The zero-order chi connectivity index (χ0) is 25.5. The molecule has 36 heavy (non-hydrogen) atoms. The Labute approximate surface area is 212 Å². The molecule has 2 aromatic carbocycles. The molecular weight excluding hydrogens is 448 g/mol. The summed E-state index contributed by atoms with van der Waals surface area (Å²) in [6, 6.07) is 16.5. The Hall–Kier alpha value is -3.80. The molecule has 0 bridgehead atoms. The van der Waals surface area contributed by atoms with E-state index in [0.29, 0.717) is 30.0 Å². The van der Waals surface area contributed by atoms with Crippen molar-refractivity contribution in [2.24, 2.45) is 0 Å². The number of allylic oxidation sites excluding steroid dienone is 4. The summed E-state index contributed by atoms with van der Waals surface area (Å²) in [6.45, 7) is 13.2. The van der Waals surface area contributed by atoms with Crippen molar-refractivity contribution in [3.63, 3.8) is 0 Å². The van der Waals surface area contributed by atoms with Crippen molar-refractivity contribution >= 4 is 5.57 Å². The van der Waals surface area contributed by atoms with Crippen molar-refractivity contribution < 1.29 is 8.83 Å². The third-order valence-corrected chi connectivity index (χ3v) is 6.37. The molecule has 0 saturated heterocycles. The molecule has 2 aromatic heterocycles. The Morgan fingerprint density at radius 2 is 1.03 bits per heavy atom. The fourth-order valence-electron chi connectivity index (χ4n) is 4.06. The van der Waals surface area contributed by atoms with Crippen LogP contribution in [0.4, 0.5) is 0 Å². The Morgan fingerprint density at radius 1 is 0.583 bits per heavy atom. The lowest BCUT2D eigenvalue weighted by atomic mass is 9.87. The lowest BCUT2D eigenvalue weighted by molar-refractivity contribution is 0.522. The van der Waals surface area contributed by atoms with E-state index in [1.807, 2.05) is 42.5 Å². The smallest absolute Gasteiger partial charge is 0.248 e. The highest BCUT2D eigenvalue weighted by Gasteiger charge is 2.25. The maximum absolute atomic E-state index is 6.03. The van der Waals surface area contributed by atoms with Gasteiger partial charge in [-0.25, -0.2) is 0 Å². The van der Waals surface area contributed by atoms with Crippen molar-refractivity contribution in [3.8, 4) is 22.9 Å². The van der Waals surface area contributed by atoms with Gasteiger partial charge in [-0.1, -0.05) is 84.0 Å². The maximum Gasteiger partial charge on any atom is 0.248 e. The predicted molar refractivity (Wildman–Crippen MR) is 141 cm³/mol. The molecule has 6 nitrogen and oxygen atoms in total. The highest BCUT2D eigenvalue weighted by molar-refractivity contribution is 5.67. The van der Waals surface area contributed by atoms with E-state index in [2.05, 4.69) is 86.2 Å². The van der Waals surface area contributed by atoms with Crippen molar-refractivity contribution in [3.05, 3.63) is 95.6 Å². The SMILES string of the molecule is CC(C)(C)c1ccc(-c2nnc([C]3C=CC=C(c4nnc(-c5ccc(C(C)(C)C)cc5)o4)C3)o2)cc1. The standard InChI is InChI=1S/C30H31N4O2/c1-29(2,3)23-14-10-19(11-15-23)25-31-33-27(35-25)21-8-7-9-22(18-21)28-34-32-26(36-28)20-12-16-24(17-13-20)30(4,5)6/h7-17H,18H2,1-6H3. The van der Waals surface area contributed by atoms with Crippen LogP contribution < -0.4 is 0 Å². The lowest BCUT2D eigenvalue weighted by Gasteiger charge is -2.18. The molecule has 1 aliphatic carbocycles.